The Hall–Kier alpha value is -0.290. The maximum Gasteiger partial charge on any atom is 0.154 e. The summed E-state index contributed by atoms with van der Waals surface area (Å²) >= 11 is 12.2. The summed E-state index contributed by atoms with van der Waals surface area (Å²) in [5.74, 6) is 0.291. The lowest BCUT2D eigenvalue weighted by molar-refractivity contribution is 0.456. The van der Waals surface area contributed by atoms with Crippen molar-refractivity contribution in [1.29, 1.82) is 0 Å². The van der Waals surface area contributed by atoms with Crippen LogP contribution in [0, 0.1) is 0 Å². The van der Waals surface area contributed by atoms with Crippen LogP contribution in [0.2, 0.25) is 10.0 Å². The standard InChI is InChI=1S/C14H19Cl2NO2S/c1-17-12(13-7-2-3-8-20(13,18)19)9-10-5-4-6-11(15)14(10)16/h4-6,12-13,17H,2-3,7-9H2,1H3. The molecule has 1 aromatic carbocycles. The van der Waals surface area contributed by atoms with Crippen molar-refractivity contribution in [2.24, 2.45) is 0 Å². The van der Waals surface area contributed by atoms with E-state index in [1.807, 2.05) is 12.1 Å². The topological polar surface area (TPSA) is 46.2 Å². The predicted octanol–water partition coefficient (Wildman–Crippen LogP) is 3.09. The molecule has 0 aromatic heterocycles. The highest BCUT2D eigenvalue weighted by molar-refractivity contribution is 7.92. The van der Waals surface area contributed by atoms with E-state index >= 15 is 0 Å². The SMILES string of the molecule is CNC(Cc1cccc(Cl)c1Cl)C1CCCCS1(=O)=O. The normalized spacial score (nSPS) is 23.4. The van der Waals surface area contributed by atoms with E-state index in [0.717, 1.165) is 18.4 Å². The molecule has 0 amide bonds. The minimum Gasteiger partial charge on any atom is -0.315 e. The summed E-state index contributed by atoms with van der Waals surface area (Å²) < 4.78 is 24.5. The lowest BCUT2D eigenvalue weighted by Gasteiger charge is -2.30. The molecule has 3 nitrogen and oxygen atoms in total. The Bertz CT molecular complexity index is 575. The molecule has 2 unspecified atom stereocenters. The lowest BCUT2D eigenvalue weighted by Crippen LogP contribution is -2.46. The third-order valence-corrected chi connectivity index (χ3v) is 7.12. The molecule has 6 heteroatoms. The van der Waals surface area contributed by atoms with Crippen LogP contribution in [0.1, 0.15) is 24.8 Å². The first kappa shape index (κ1) is 16.1. The van der Waals surface area contributed by atoms with E-state index in [1.165, 1.54) is 0 Å². The van der Waals surface area contributed by atoms with E-state index in [1.54, 1.807) is 13.1 Å². The van der Waals surface area contributed by atoms with Crippen LogP contribution in [0.5, 0.6) is 0 Å². The molecule has 0 bridgehead atoms. The van der Waals surface area contributed by atoms with Crippen molar-refractivity contribution < 1.29 is 8.42 Å². The van der Waals surface area contributed by atoms with Gasteiger partial charge in [0.05, 0.1) is 21.0 Å². The van der Waals surface area contributed by atoms with Crippen molar-refractivity contribution in [3.63, 3.8) is 0 Å². The zero-order valence-corrected chi connectivity index (χ0v) is 13.7. The molecule has 0 spiro atoms. The Morgan fingerprint density at radius 3 is 2.75 bits per heavy atom. The number of hydrogen-bond donors (Lipinski definition) is 1. The summed E-state index contributed by atoms with van der Waals surface area (Å²) in [6.07, 6.45) is 3.02. The zero-order valence-electron chi connectivity index (χ0n) is 11.4. The fraction of sp³-hybridized carbons (Fsp3) is 0.571. The predicted molar refractivity (Wildman–Crippen MR) is 84.4 cm³/mol. The Morgan fingerprint density at radius 1 is 1.35 bits per heavy atom. The van der Waals surface area contributed by atoms with Gasteiger partial charge in [-0.05, 0) is 37.9 Å². The van der Waals surface area contributed by atoms with Gasteiger partial charge in [0.2, 0.25) is 0 Å². The van der Waals surface area contributed by atoms with E-state index in [4.69, 9.17) is 23.2 Å². The first-order chi connectivity index (χ1) is 9.45. The van der Waals surface area contributed by atoms with Crippen LogP contribution in [0.15, 0.2) is 18.2 Å². The molecule has 1 aliphatic heterocycles. The summed E-state index contributed by atoms with van der Waals surface area (Å²) in [5.41, 5.74) is 0.888. The molecule has 2 rings (SSSR count). The highest BCUT2D eigenvalue weighted by Crippen LogP contribution is 2.29. The second-order valence-electron chi connectivity index (χ2n) is 5.21. The summed E-state index contributed by atoms with van der Waals surface area (Å²) in [7, 11) is -1.22. The average molecular weight is 336 g/mol. The van der Waals surface area contributed by atoms with Crippen molar-refractivity contribution in [3.8, 4) is 0 Å². The third-order valence-electron chi connectivity index (χ3n) is 3.92. The Balaban J connectivity index is 2.22. The van der Waals surface area contributed by atoms with Crippen LogP contribution in [0.4, 0.5) is 0 Å². The molecule has 1 aliphatic rings. The van der Waals surface area contributed by atoms with Crippen LogP contribution in [0.3, 0.4) is 0 Å². The molecular weight excluding hydrogens is 317 g/mol. The van der Waals surface area contributed by atoms with Gasteiger partial charge < -0.3 is 5.32 Å². The van der Waals surface area contributed by atoms with Gasteiger partial charge in [-0.15, -0.1) is 0 Å². The van der Waals surface area contributed by atoms with Crippen molar-refractivity contribution in [2.45, 2.75) is 37.0 Å². The number of benzene rings is 1. The Morgan fingerprint density at radius 2 is 2.10 bits per heavy atom. The zero-order chi connectivity index (χ0) is 14.8. The van der Waals surface area contributed by atoms with Crippen LogP contribution < -0.4 is 5.32 Å². The second kappa shape index (κ2) is 6.65. The number of hydrogen-bond acceptors (Lipinski definition) is 3. The van der Waals surface area contributed by atoms with Gasteiger partial charge in [0.25, 0.3) is 0 Å². The van der Waals surface area contributed by atoms with Crippen LogP contribution >= 0.6 is 23.2 Å². The van der Waals surface area contributed by atoms with Crippen LogP contribution in [-0.4, -0.2) is 32.5 Å². The quantitative estimate of drug-likeness (QED) is 0.919. The van der Waals surface area contributed by atoms with Gasteiger partial charge in [-0.2, -0.15) is 0 Å². The molecule has 1 heterocycles. The second-order valence-corrected chi connectivity index (χ2v) is 8.34. The Kier molecular flexibility index (Phi) is 5.35. The summed E-state index contributed by atoms with van der Waals surface area (Å²) in [4.78, 5) is 0. The smallest absolute Gasteiger partial charge is 0.154 e. The van der Waals surface area contributed by atoms with Crippen LogP contribution in [0.25, 0.3) is 0 Å². The largest absolute Gasteiger partial charge is 0.315 e. The van der Waals surface area contributed by atoms with Gasteiger partial charge in [-0.1, -0.05) is 41.8 Å². The van der Waals surface area contributed by atoms with Crippen molar-refractivity contribution in [1.82, 2.24) is 5.32 Å². The highest BCUT2D eigenvalue weighted by Gasteiger charge is 2.35. The summed E-state index contributed by atoms with van der Waals surface area (Å²) in [6.45, 7) is 0. The molecule has 112 valence electrons. The molecule has 1 fully saturated rings. The van der Waals surface area contributed by atoms with Gasteiger partial charge in [0.1, 0.15) is 0 Å². The van der Waals surface area contributed by atoms with Gasteiger partial charge in [0.15, 0.2) is 9.84 Å². The Labute approximate surface area is 130 Å². The van der Waals surface area contributed by atoms with Gasteiger partial charge in [-0.3, -0.25) is 0 Å². The molecule has 0 aliphatic carbocycles. The third kappa shape index (κ3) is 3.48. The fourth-order valence-electron chi connectivity index (χ4n) is 2.79. The molecule has 1 aromatic rings. The van der Waals surface area contributed by atoms with Crippen molar-refractivity contribution in [3.05, 3.63) is 33.8 Å². The summed E-state index contributed by atoms with van der Waals surface area (Å²) in [6, 6.07) is 5.34. The van der Waals surface area contributed by atoms with Gasteiger partial charge in [0, 0.05) is 6.04 Å². The summed E-state index contributed by atoms with van der Waals surface area (Å²) in [5, 5.41) is 3.83. The lowest BCUT2D eigenvalue weighted by atomic mass is 9.99. The van der Waals surface area contributed by atoms with E-state index in [2.05, 4.69) is 5.32 Å². The maximum atomic E-state index is 12.2. The molecule has 20 heavy (non-hydrogen) atoms. The molecule has 0 radical (unpaired) electrons. The highest BCUT2D eigenvalue weighted by atomic mass is 35.5. The average Bonchev–Trinajstić information content (AvgIpc) is 2.41. The van der Waals surface area contributed by atoms with E-state index in [-0.39, 0.29) is 11.3 Å². The number of halogens is 2. The molecule has 2 atom stereocenters. The first-order valence-electron chi connectivity index (χ1n) is 6.77. The van der Waals surface area contributed by atoms with Crippen molar-refractivity contribution in [2.75, 3.05) is 12.8 Å². The van der Waals surface area contributed by atoms with E-state index < -0.39 is 9.84 Å². The van der Waals surface area contributed by atoms with Crippen molar-refractivity contribution >= 4 is 33.0 Å². The van der Waals surface area contributed by atoms with E-state index in [0.29, 0.717) is 28.6 Å². The first-order valence-corrected chi connectivity index (χ1v) is 9.24. The fourth-order valence-corrected chi connectivity index (χ4v) is 5.36. The molecule has 1 N–H and O–H groups in total. The number of likely N-dealkylation sites (N-methyl/N-ethyl adjacent to an activating group) is 1. The molecular formula is C14H19Cl2NO2S. The molecule has 1 saturated heterocycles. The minimum atomic E-state index is -3.02. The van der Waals surface area contributed by atoms with Gasteiger partial charge in [-0.25, -0.2) is 8.42 Å². The van der Waals surface area contributed by atoms with E-state index in [9.17, 15) is 8.42 Å². The number of sulfone groups is 1. The minimum absolute atomic E-state index is 0.128. The number of nitrogens with one attached hydrogen (secondary N) is 1. The number of rotatable bonds is 4. The van der Waals surface area contributed by atoms with Gasteiger partial charge >= 0.3 is 0 Å². The monoisotopic (exact) mass is 335 g/mol. The molecule has 0 saturated carbocycles. The maximum absolute atomic E-state index is 12.2. The van der Waals surface area contributed by atoms with Crippen LogP contribution in [-0.2, 0) is 16.3 Å².